The average Bonchev–Trinajstić information content (AvgIpc) is 2.67. The normalized spacial score (nSPS) is 13.6. The number of sulfonamides is 1. The summed E-state index contributed by atoms with van der Waals surface area (Å²) >= 11 is 1.34. The molecular formula is C8H12N2O4S2. The van der Waals surface area contributed by atoms with Crippen molar-refractivity contribution in [3.05, 3.63) is 16.6 Å². The van der Waals surface area contributed by atoms with E-state index in [1.165, 1.54) is 11.3 Å². The summed E-state index contributed by atoms with van der Waals surface area (Å²) in [4.78, 5) is 14.2. The molecule has 0 aliphatic heterocycles. The van der Waals surface area contributed by atoms with E-state index in [2.05, 4.69) is 9.71 Å². The van der Waals surface area contributed by atoms with Crippen molar-refractivity contribution in [3.63, 3.8) is 0 Å². The lowest BCUT2D eigenvalue weighted by Gasteiger charge is -2.10. The zero-order valence-electron chi connectivity index (χ0n) is 8.58. The smallest absolute Gasteiger partial charge is 0.304 e. The van der Waals surface area contributed by atoms with Crippen molar-refractivity contribution in [2.24, 2.45) is 0 Å². The predicted octanol–water partition coefficient (Wildman–Crippen LogP) is 0.598. The van der Waals surface area contributed by atoms with Gasteiger partial charge in [0, 0.05) is 11.6 Å². The van der Waals surface area contributed by atoms with Crippen molar-refractivity contribution in [3.8, 4) is 0 Å². The van der Waals surface area contributed by atoms with E-state index in [1.807, 2.05) is 0 Å². The Labute approximate surface area is 97.4 Å². The first-order valence-electron chi connectivity index (χ1n) is 4.52. The van der Waals surface area contributed by atoms with Gasteiger partial charge in [-0.1, -0.05) is 0 Å². The van der Waals surface area contributed by atoms with E-state index >= 15 is 0 Å². The number of hydrogen-bond donors (Lipinski definition) is 2. The number of carboxylic acids is 1. The summed E-state index contributed by atoms with van der Waals surface area (Å²) in [5, 5.41) is 10.8. The van der Waals surface area contributed by atoms with E-state index in [1.54, 1.807) is 18.5 Å². The maximum absolute atomic E-state index is 11.4. The summed E-state index contributed by atoms with van der Waals surface area (Å²) in [7, 11) is -3.57. The van der Waals surface area contributed by atoms with E-state index in [9.17, 15) is 13.2 Å². The number of carboxylic acid groups (broad SMARTS) is 1. The van der Waals surface area contributed by atoms with Crippen molar-refractivity contribution < 1.29 is 18.3 Å². The number of aliphatic carboxylic acids is 1. The molecule has 1 unspecified atom stereocenters. The molecule has 1 aromatic rings. The third-order valence-corrected chi connectivity index (χ3v) is 4.18. The van der Waals surface area contributed by atoms with Crippen molar-refractivity contribution in [1.82, 2.24) is 9.71 Å². The van der Waals surface area contributed by atoms with Gasteiger partial charge in [0.2, 0.25) is 10.0 Å². The summed E-state index contributed by atoms with van der Waals surface area (Å²) in [6.07, 6.45) is 1.18. The second kappa shape index (κ2) is 5.37. The lowest BCUT2D eigenvalue weighted by atomic mass is 10.4. The monoisotopic (exact) mass is 264 g/mol. The first-order chi connectivity index (χ1) is 7.41. The zero-order valence-corrected chi connectivity index (χ0v) is 10.2. The zero-order chi connectivity index (χ0) is 12.2. The Morgan fingerprint density at radius 3 is 2.88 bits per heavy atom. The molecule has 0 saturated carbocycles. The van der Waals surface area contributed by atoms with Crippen LogP contribution in [0.25, 0.3) is 0 Å². The molecule has 1 rings (SSSR count). The van der Waals surface area contributed by atoms with Crippen LogP contribution in [0.5, 0.6) is 0 Å². The maximum atomic E-state index is 11.4. The maximum Gasteiger partial charge on any atom is 0.304 e. The summed E-state index contributed by atoms with van der Waals surface area (Å²) in [5.74, 6) is -1.55. The van der Waals surface area contributed by atoms with E-state index in [-0.39, 0.29) is 0 Å². The van der Waals surface area contributed by atoms with Crippen molar-refractivity contribution >= 4 is 27.3 Å². The molecule has 0 aliphatic carbocycles. The molecule has 16 heavy (non-hydrogen) atoms. The van der Waals surface area contributed by atoms with Gasteiger partial charge in [-0.25, -0.2) is 18.1 Å². The van der Waals surface area contributed by atoms with Crippen LogP contribution in [0, 0.1) is 0 Å². The summed E-state index contributed by atoms with van der Waals surface area (Å²) < 4.78 is 25.3. The number of thiazole rings is 1. The fraction of sp³-hybridized carbons (Fsp3) is 0.500. The number of aromatic nitrogens is 1. The minimum atomic E-state index is -3.57. The van der Waals surface area contributed by atoms with Crippen LogP contribution in [-0.4, -0.2) is 30.2 Å². The fourth-order valence-corrected chi connectivity index (χ4v) is 2.98. The van der Waals surface area contributed by atoms with Gasteiger partial charge in [-0.15, -0.1) is 11.3 Å². The molecule has 0 fully saturated rings. The molecule has 8 heteroatoms. The lowest BCUT2D eigenvalue weighted by molar-refractivity contribution is -0.136. The lowest BCUT2D eigenvalue weighted by Crippen LogP contribution is -2.29. The molecule has 0 aliphatic rings. The van der Waals surface area contributed by atoms with E-state index in [0.717, 1.165) is 0 Å². The van der Waals surface area contributed by atoms with E-state index in [0.29, 0.717) is 5.01 Å². The number of nitrogens with one attached hydrogen (secondary N) is 1. The molecule has 0 bridgehead atoms. The van der Waals surface area contributed by atoms with Crippen LogP contribution in [-0.2, 0) is 14.8 Å². The van der Waals surface area contributed by atoms with E-state index < -0.39 is 34.2 Å². The Morgan fingerprint density at radius 2 is 2.38 bits per heavy atom. The molecule has 1 heterocycles. The van der Waals surface area contributed by atoms with Gasteiger partial charge in [-0.2, -0.15) is 0 Å². The highest BCUT2D eigenvalue weighted by molar-refractivity contribution is 7.89. The van der Waals surface area contributed by atoms with Crippen LogP contribution in [0.1, 0.15) is 24.4 Å². The second-order valence-electron chi connectivity index (χ2n) is 3.17. The minimum absolute atomic E-state index is 0.403. The van der Waals surface area contributed by atoms with Gasteiger partial charge < -0.3 is 5.11 Å². The van der Waals surface area contributed by atoms with Gasteiger partial charge in [0.05, 0.1) is 18.2 Å². The van der Waals surface area contributed by atoms with Gasteiger partial charge in [0.1, 0.15) is 5.01 Å². The van der Waals surface area contributed by atoms with Crippen LogP contribution in [0.2, 0.25) is 0 Å². The van der Waals surface area contributed by atoms with Gasteiger partial charge >= 0.3 is 5.97 Å². The van der Waals surface area contributed by atoms with Crippen molar-refractivity contribution in [1.29, 1.82) is 0 Å². The van der Waals surface area contributed by atoms with Gasteiger partial charge in [0.25, 0.3) is 0 Å². The molecule has 6 nitrogen and oxygen atoms in total. The van der Waals surface area contributed by atoms with Gasteiger partial charge in [-0.05, 0) is 6.92 Å². The topological polar surface area (TPSA) is 96.4 Å². The molecule has 0 saturated heterocycles. The Hall–Kier alpha value is -0.990. The highest BCUT2D eigenvalue weighted by Gasteiger charge is 2.18. The average molecular weight is 264 g/mol. The third-order valence-electron chi connectivity index (χ3n) is 1.76. The van der Waals surface area contributed by atoms with Gasteiger partial charge in [0.15, 0.2) is 0 Å². The molecule has 90 valence electrons. The first kappa shape index (κ1) is 13.1. The highest BCUT2D eigenvalue weighted by atomic mass is 32.2. The molecule has 0 radical (unpaired) electrons. The number of rotatable bonds is 6. The molecule has 0 spiro atoms. The predicted molar refractivity (Wildman–Crippen MR) is 59.7 cm³/mol. The Balaban J connectivity index is 2.56. The van der Waals surface area contributed by atoms with Crippen LogP contribution in [0.3, 0.4) is 0 Å². The molecule has 0 aromatic carbocycles. The van der Waals surface area contributed by atoms with Crippen LogP contribution < -0.4 is 4.72 Å². The Morgan fingerprint density at radius 1 is 1.69 bits per heavy atom. The van der Waals surface area contributed by atoms with Crippen LogP contribution >= 0.6 is 11.3 Å². The largest absolute Gasteiger partial charge is 0.481 e. The van der Waals surface area contributed by atoms with Crippen molar-refractivity contribution in [2.75, 3.05) is 5.75 Å². The molecule has 1 aromatic heterocycles. The SMILES string of the molecule is CC(NS(=O)(=O)CCC(=O)O)c1nccs1. The highest BCUT2D eigenvalue weighted by Crippen LogP contribution is 2.15. The third kappa shape index (κ3) is 4.25. The summed E-state index contributed by atoms with van der Waals surface area (Å²) in [6.45, 7) is 1.66. The number of nitrogens with zero attached hydrogens (tertiary/aromatic N) is 1. The van der Waals surface area contributed by atoms with Gasteiger partial charge in [-0.3, -0.25) is 4.79 Å². The van der Waals surface area contributed by atoms with Crippen molar-refractivity contribution in [2.45, 2.75) is 19.4 Å². The molecular weight excluding hydrogens is 252 g/mol. The molecule has 1 atom stereocenters. The second-order valence-corrected chi connectivity index (χ2v) is 5.97. The number of hydrogen-bond acceptors (Lipinski definition) is 5. The minimum Gasteiger partial charge on any atom is -0.481 e. The fourth-order valence-electron chi connectivity index (χ4n) is 1.05. The molecule has 2 N–H and O–H groups in total. The Bertz CT molecular complexity index is 441. The molecule has 0 amide bonds. The van der Waals surface area contributed by atoms with Crippen LogP contribution in [0.4, 0.5) is 0 Å². The first-order valence-corrected chi connectivity index (χ1v) is 7.05. The number of carbonyl (C=O) groups is 1. The summed E-state index contributed by atoms with van der Waals surface area (Å²) in [5.41, 5.74) is 0. The van der Waals surface area contributed by atoms with E-state index in [4.69, 9.17) is 5.11 Å². The standard InChI is InChI=1S/C8H12N2O4S2/c1-6(8-9-3-4-15-8)10-16(13,14)5-2-7(11)12/h3-4,6,10H,2,5H2,1H3,(H,11,12). The summed E-state index contributed by atoms with van der Waals surface area (Å²) in [6, 6.07) is -0.432. The Kier molecular flexibility index (Phi) is 4.39. The quantitative estimate of drug-likeness (QED) is 0.784. The van der Waals surface area contributed by atoms with Crippen LogP contribution in [0.15, 0.2) is 11.6 Å².